The number of hydrogen-bond donors (Lipinski definition) is 19. The summed E-state index contributed by atoms with van der Waals surface area (Å²) in [5.74, 6) is -2.32. The Morgan fingerprint density at radius 3 is 0.923 bits per heavy atom. The van der Waals surface area contributed by atoms with Gasteiger partial charge in [-0.2, -0.15) is 0 Å². The van der Waals surface area contributed by atoms with Crippen molar-refractivity contribution in [1.82, 2.24) is 0 Å². The molecule has 3 aliphatic heterocycles. The summed E-state index contributed by atoms with van der Waals surface area (Å²) in [6.45, 7) is 2.96. The van der Waals surface area contributed by atoms with Crippen LogP contribution in [0.4, 0.5) is 0 Å². The summed E-state index contributed by atoms with van der Waals surface area (Å²) >= 11 is 0. The number of hydrogen-bond acceptors (Lipinski definition) is 26. The predicted octanol–water partition coefficient (Wildman–Crippen LogP) is -11.0. The summed E-state index contributed by atoms with van der Waals surface area (Å²) in [4.78, 5) is 31.2. The van der Waals surface area contributed by atoms with Gasteiger partial charge in [-0.3, -0.25) is 14.4 Å². The molecule has 0 aliphatic carbocycles. The van der Waals surface area contributed by atoms with E-state index in [2.05, 4.69) is 9.78 Å². The maximum atomic E-state index is 10.4. The fourth-order valence-electron chi connectivity index (χ4n) is 4.10. The molecule has 9 radical (unpaired) electrons. The van der Waals surface area contributed by atoms with Crippen LogP contribution in [0.25, 0.3) is 0 Å². The largest absolute Gasteiger partial charge is 0.412 e. The molecule has 0 aromatic carbocycles. The minimum Gasteiger partial charge on any atom is -0.412 e. The second-order valence-electron chi connectivity index (χ2n) is 11.8. The molecule has 0 aromatic heterocycles. The Labute approximate surface area is 697 Å². The van der Waals surface area contributed by atoms with Gasteiger partial charge in [0.25, 0.3) is 0 Å². The minimum absolute atomic E-state index is 0. The first-order valence-corrected chi connectivity index (χ1v) is 16.1. The van der Waals surface area contributed by atoms with E-state index in [4.69, 9.17) is 107 Å². The Bertz CT molecular complexity index is 996. The van der Waals surface area contributed by atoms with Crippen molar-refractivity contribution in [1.29, 1.82) is 0 Å². The number of ketones is 3. The van der Waals surface area contributed by atoms with Crippen LogP contribution >= 0.6 is 0 Å². The Kier molecular flexibility index (Phi) is 106. The van der Waals surface area contributed by atoms with Gasteiger partial charge in [0.15, 0.2) is 23.6 Å². The Balaban J connectivity index is -0.0000000448. The molecule has 0 aromatic rings. The Morgan fingerprint density at radius 1 is 0.492 bits per heavy atom. The first kappa shape index (κ1) is 108. The van der Waals surface area contributed by atoms with Crippen LogP contribution in [0.3, 0.4) is 0 Å². The van der Waals surface area contributed by atoms with Crippen molar-refractivity contribution in [2.75, 3.05) is 33.0 Å². The zero-order chi connectivity index (χ0) is 43.9. The first-order chi connectivity index (χ1) is 25.4. The third kappa shape index (κ3) is 46.2. The van der Waals surface area contributed by atoms with Crippen molar-refractivity contribution >= 4 is 17.3 Å². The summed E-state index contributed by atoms with van der Waals surface area (Å²) < 4.78 is 14.5. The molecular weight excluding hydrogens is 2820 g/mol. The fourth-order valence-corrected chi connectivity index (χ4v) is 4.10. The molecule has 0 saturated carbocycles. The molecule has 36 heteroatoms. The molecule has 0 bridgehead atoms. The third-order valence-corrected chi connectivity index (χ3v) is 7.60. The monoisotopic (exact) mass is 2880 g/mol. The van der Waals surface area contributed by atoms with Crippen LogP contribution < -0.4 is 0 Å². The van der Waals surface area contributed by atoms with Gasteiger partial charge in [0.05, 0.1) is 38.6 Å². The summed E-state index contributed by atoms with van der Waals surface area (Å²) in [6, 6.07) is 0. The predicted molar refractivity (Wildman–Crippen MR) is 177 cm³/mol. The van der Waals surface area contributed by atoms with Gasteiger partial charge >= 0.3 is 0 Å². The summed E-state index contributed by atoms with van der Waals surface area (Å²) in [7, 11) is 0. The van der Waals surface area contributed by atoms with E-state index in [1.54, 1.807) is 13.8 Å². The second kappa shape index (κ2) is 64.2. The van der Waals surface area contributed by atoms with E-state index in [1.165, 1.54) is 0 Å². The van der Waals surface area contributed by atoms with Gasteiger partial charge in [-0.05, 0) is 27.7 Å². The average molecular weight is 2880 g/mol. The molecule has 27 nitrogen and oxygen atoms in total. The van der Waals surface area contributed by atoms with Crippen molar-refractivity contribution in [3.05, 3.63) is 0 Å². The molecule has 0 spiro atoms. The van der Waals surface area contributed by atoms with E-state index in [1.807, 2.05) is 0 Å². The van der Waals surface area contributed by atoms with Crippen LogP contribution in [0.2, 0.25) is 0 Å². The van der Waals surface area contributed by atoms with Crippen molar-refractivity contribution in [2.45, 2.75) is 132 Å². The Hall–Kier alpha value is 11.0. The molecule has 3 rings (SSSR count). The van der Waals surface area contributed by atoms with Gasteiger partial charge in [0.2, 0.25) is 0 Å². The number of carbonyl (C=O) groups is 3. The van der Waals surface area contributed by atoms with Gasteiger partial charge in [-0.25, -0.2) is 10.5 Å². The standard InChI is InChI=1S/C6H12O5.C6H10O5.2C6H12O4.C5H10O5.9Ac.H2O3.H2O/c2*1-3(8)5(10)6(11)4(9)2-7;2*1-3-5(8)6(9)4(2-7)10-3;6-1-2-3(7)4(8)5(9)10-2;;;;;;;;;;1-3-2;/h4-7,9-11H,2H2,1H3;5-7,10-11H,2H2,1H3;2*3-9H,2H2,1H3;2-9H,1H2;;;;;;;;;;1-2H;1H2/t4?,5-,6+;5-,6+;2*3?,4?,5-,6+;2?,3-,4-,5?;;;;;;;;;;;/m00001.........../s1. The normalized spacial score (nSPS) is 28.3. The molecule has 3 fully saturated rings. The van der Waals surface area contributed by atoms with E-state index in [9.17, 15) is 14.4 Å². The summed E-state index contributed by atoms with van der Waals surface area (Å²) in [5, 5.41) is 164. The van der Waals surface area contributed by atoms with E-state index in [0.29, 0.717) is 0 Å². The van der Waals surface area contributed by atoms with E-state index in [0.717, 1.165) is 13.8 Å². The molecule has 65 heavy (non-hydrogen) atoms. The average Bonchev–Trinajstić information content (AvgIpc) is 3.68. The molecule has 0 amide bonds. The van der Waals surface area contributed by atoms with E-state index < -0.39 is 129 Å². The van der Waals surface area contributed by atoms with Gasteiger partial charge in [0, 0.05) is 397 Å². The van der Waals surface area contributed by atoms with Crippen molar-refractivity contribution in [3.8, 4) is 0 Å². The molecule has 3 saturated heterocycles. The maximum absolute atomic E-state index is 10.4. The molecular formula is C29H60Ac9O27. The number of aliphatic hydroxyl groups excluding tert-OH is 17. The second-order valence-corrected chi connectivity index (χ2v) is 11.8. The minimum atomic E-state index is -1.81. The number of aliphatic hydroxyl groups is 17. The van der Waals surface area contributed by atoms with E-state index in [-0.39, 0.29) is 427 Å². The molecule has 365 valence electrons. The smallest absolute Gasteiger partial charge is 0.189 e. The van der Waals surface area contributed by atoms with Crippen molar-refractivity contribution < 1.29 is 533 Å². The van der Waals surface area contributed by atoms with Crippen LogP contribution in [0, 0.1) is 397 Å². The number of Topliss-reactive ketones (excluding diaryl/α,β-unsaturated/α-hetero) is 3. The first-order valence-electron chi connectivity index (χ1n) is 16.1. The van der Waals surface area contributed by atoms with Gasteiger partial charge in [-0.15, -0.1) is 0 Å². The van der Waals surface area contributed by atoms with Crippen molar-refractivity contribution in [2.24, 2.45) is 0 Å². The zero-order valence-electron chi connectivity index (χ0n) is 35.9. The van der Waals surface area contributed by atoms with Gasteiger partial charge in [-0.1, -0.05) is 5.04 Å². The zero-order valence-corrected chi connectivity index (χ0v) is 78.6. The van der Waals surface area contributed by atoms with Crippen LogP contribution in [-0.4, -0.2) is 257 Å². The van der Waals surface area contributed by atoms with Crippen LogP contribution in [0.15, 0.2) is 0 Å². The molecule has 17 atom stereocenters. The van der Waals surface area contributed by atoms with Crippen molar-refractivity contribution in [3.63, 3.8) is 0 Å². The van der Waals surface area contributed by atoms with Crippen LogP contribution in [-0.2, 0) is 33.6 Å². The number of carbonyl (C=O) groups excluding carboxylic acids is 3. The van der Waals surface area contributed by atoms with E-state index >= 15 is 0 Å². The SMILES string of the molecule is CC(=O)[C@H](O)[C@H](O)C(=O)CO.CC(=O)[C@H](O)[C@H](O)C(O)CO.CC1OC(CO)[C@@H](O)[C@H]1O.CC1OC(CO)[C@@H](O)[C@H]1O.O.OCC1OC(O)[C@H](O)[C@@H]1O.OOO.[Ac].[Ac].[Ac].[Ac].[Ac].[Ac].[Ac].[Ac].[Ac]. The molecule has 3 aliphatic rings. The quantitative estimate of drug-likeness (QED) is 0.0675. The maximum Gasteiger partial charge on any atom is 0.189 e. The molecule has 3 heterocycles. The third-order valence-electron chi connectivity index (χ3n) is 7.60. The topological polar surface area (TPSA) is 504 Å². The number of ether oxygens (including phenoxy) is 3. The summed E-state index contributed by atoms with van der Waals surface area (Å²) in [6.07, 6.45) is -18.6. The van der Waals surface area contributed by atoms with Gasteiger partial charge < -0.3 is 106 Å². The van der Waals surface area contributed by atoms with Gasteiger partial charge in [0.1, 0.15) is 92.1 Å². The molecule has 21 N–H and O–H groups in total. The Morgan fingerprint density at radius 2 is 0.769 bits per heavy atom. The van der Waals surface area contributed by atoms with Crippen LogP contribution in [0.5, 0.6) is 0 Å². The fraction of sp³-hybridized carbons (Fsp3) is 0.897. The molecule has 7 unspecified atom stereocenters. The van der Waals surface area contributed by atoms with Crippen LogP contribution in [0.1, 0.15) is 27.7 Å². The number of rotatable bonds is 11. The summed E-state index contributed by atoms with van der Waals surface area (Å²) in [5.41, 5.74) is 0.